The number of hydrogen-bond donors (Lipinski definition) is 2. The van der Waals surface area contributed by atoms with Gasteiger partial charge in [-0.2, -0.15) is 0 Å². The van der Waals surface area contributed by atoms with Crippen LogP contribution in [0.4, 0.5) is 0 Å². The van der Waals surface area contributed by atoms with Crippen LogP contribution in [0.25, 0.3) is 0 Å². The van der Waals surface area contributed by atoms with Crippen LogP contribution in [0.5, 0.6) is 5.75 Å². The van der Waals surface area contributed by atoms with E-state index in [9.17, 15) is 9.59 Å². The number of carbonyl (C=O) groups excluding carboxylic acids is 1. The van der Waals surface area contributed by atoms with Crippen molar-refractivity contribution in [1.82, 2.24) is 5.32 Å². The van der Waals surface area contributed by atoms with Crippen molar-refractivity contribution in [3.8, 4) is 5.75 Å². The molecule has 0 aliphatic heterocycles. The molecule has 100 valence electrons. The van der Waals surface area contributed by atoms with E-state index in [1.165, 1.54) is 11.3 Å². The molecule has 18 heavy (non-hydrogen) atoms. The number of halogens is 1. The number of methoxy groups -OCH3 is 1. The Labute approximate surface area is 117 Å². The lowest BCUT2D eigenvalue weighted by Crippen LogP contribution is -2.23. The minimum absolute atomic E-state index is 0.133. The van der Waals surface area contributed by atoms with Gasteiger partial charge in [0.25, 0.3) is 5.91 Å². The van der Waals surface area contributed by atoms with Gasteiger partial charge in [-0.3, -0.25) is 9.59 Å². The molecular formula is C11H14BrNO4S. The average Bonchev–Trinajstić information content (AvgIpc) is 2.69. The van der Waals surface area contributed by atoms with E-state index in [-0.39, 0.29) is 12.3 Å². The number of nitrogens with one attached hydrogen (secondary N) is 1. The Morgan fingerprint density at radius 2 is 2.22 bits per heavy atom. The van der Waals surface area contributed by atoms with E-state index in [1.807, 2.05) is 0 Å². The normalized spacial score (nSPS) is 10.1. The van der Waals surface area contributed by atoms with Crippen LogP contribution >= 0.6 is 27.3 Å². The summed E-state index contributed by atoms with van der Waals surface area (Å²) in [4.78, 5) is 22.6. The zero-order valence-electron chi connectivity index (χ0n) is 9.86. The molecule has 0 radical (unpaired) electrons. The highest BCUT2D eigenvalue weighted by Crippen LogP contribution is 2.34. The van der Waals surface area contributed by atoms with Crippen molar-refractivity contribution in [2.24, 2.45) is 0 Å². The third-order valence-corrected chi connectivity index (χ3v) is 3.98. The average molecular weight is 336 g/mol. The van der Waals surface area contributed by atoms with Crippen molar-refractivity contribution in [2.45, 2.75) is 19.3 Å². The third kappa shape index (κ3) is 4.66. The first-order chi connectivity index (χ1) is 8.54. The number of unbranched alkanes of at least 4 members (excludes halogenated alkanes) is 1. The lowest BCUT2D eigenvalue weighted by atomic mass is 10.2. The predicted octanol–water partition coefficient (Wildman–Crippen LogP) is 2.50. The van der Waals surface area contributed by atoms with Crippen LogP contribution in [0.3, 0.4) is 0 Å². The minimum atomic E-state index is -0.812. The van der Waals surface area contributed by atoms with Crippen molar-refractivity contribution >= 4 is 39.1 Å². The zero-order valence-corrected chi connectivity index (χ0v) is 12.3. The number of carboxylic acid groups (broad SMARTS) is 1. The Kier molecular flexibility index (Phi) is 6.14. The fourth-order valence-corrected chi connectivity index (χ4v) is 2.86. The summed E-state index contributed by atoms with van der Waals surface area (Å²) in [7, 11) is 1.54. The monoisotopic (exact) mass is 335 g/mol. The summed E-state index contributed by atoms with van der Waals surface area (Å²) >= 11 is 4.60. The Morgan fingerprint density at radius 3 is 2.78 bits per heavy atom. The summed E-state index contributed by atoms with van der Waals surface area (Å²) < 4.78 is 5.84. The number of thiophene rings is 1. The van der Waals surface area contributed by atoms with Gasteiger partial charge in [-0.25, -0.2) is 0 Å². The highest BCUT2D eigenvalue weighted by Gasteiger charge is 2.13. The molecule has 1 rings (SSSR count). The van der Waals surface area contributed by atoms with E-state index in [4.69, 9.17) is 9.84 Å². The van der Waals surface area contributed by atoms with Crippen molar-refractivity contribution in [3.05, 3.63) is 14.7 Å². The maximum Gasteiger partial charge on any atom is 0.303 e. The molecule has 0 fully saturated rings. The summed E-state index contributed by atoms with van der Waals surface area (Å²) in [6.45, 7) is 0.476. The molecule has 2 N–H and O–H groups in total. The Morgan fingerprint density at radius 1 is 1.50 bits per heavy atom. The fraction of sp³-hybridized carbons (Fsp3) is 0.455. The van der Waals surface area contributed by atoms with E-state index in [0.29, 0.717) is 30.0 Å². The number of carbonyl (C=O) groups is 2. The van der Waals surface area contributed by atoms with Gasteiger partial charge in [0.2, 0.25) is 0 Å². The summed E-state index contributed by atoms with van der Waals surface area (Å²) in [6.07, 6.45) is 1.35. The molecule has 0 aliphatic carbocycles. The predicted molar refractivity (Wildman–Crippen MR) is 72.4 cm³/mol. The summed E-state index contributed by atoms with van der Waals surface area (Å²) in [5.41, 5.74) is 0. The van der Waals surface area contributed by atoms with Gasteiger partial charge in [0, 0.05) is 19.0 Å². The van der Waals surface area contributed by atoms with Crippen LogP contribution < -0.4 is 10.1 Å². The second-order valence-electron chi connectivity index (χ2n) is 3.56. The second-order valence-corrected chi connectivity index (χ2v) is 5.93. The molecule has 0 aromatic carbocycles. The number of hydrogen-bond acceptors (Lipinski definition) is 4. The maximum absolute atomic E-state index is 11.7. The Balaban J connectivity index is 2.34. The SMILES string of the molecule is COc1cc(C(=O)NCCCCC(=O)O)sc1Br. The molecule has 0 spiro atoms. The molecule has 5 nitrogen and oxygen atoms in total. The molecule has 1 aromatic rings. The van der Waals surface area contributed by atoms with E-state index >= 15 is 0 Å². The summed E-state index contributed by atoms with van der Waals surface area (Å²) in [5, 5.41) is 11.2. The van der Waals surface area contributed by atoms with E-state index in [2.05, 4.69) is 21.2 Å². The van der Waals surface area contributed by atoms with Crippen LogP contribution in [0.1, 0.15) is 28.9 Å². The van der Waals surface area contributed by atoms with Crippen molar-refractivity contribution in [2.75, 3.05) is 13.7 Å². The standard InChI is InChI=1S/C11H14BrNO4S/c1-17-7-6-8(18-10(7)12)11(16)13-5-3-2-4-9(14)15/h6H,2-5H2,1H3,(H,13,16)(H,14,15). The van der Waals surface area contributed by atoms with Gasteiger partial charge >= 0.3 is 5.97 Å². The largest absolute Gasteiger partial charge is 0.495 e. The van der Waals surface area contributed by atoms with Gasteiger partial charge in [0.05, 0.1) is 12.0 Å². The van der Waals surface area contributed by atoms with Crippen molar-refractivity contribution < 1.29 is 19.4 Å². The number of aliphatic carboxylic acids is 1. The number of rotatable bonds is 7. The van der Waals surface area contributed by atoms with E-state index < -0.39 is 5.97 Å². The molecule has 0 saturated heterocycles. The van der Waals surface area contributed by atoms with Crippen molar-refractivity contribution in [3.63, 3.8) is 0 Å². The fourth-order valence-electron chi connectivity index (χ4n) is 1.29. The van der Waals surface area contributed by atoms with E-state index in [0.717, 1.165) is 3.79 Å². The molecule has 1 amide bonds. The topological polar surface area (TPSA) is 75.6 Å². The molecule has 1 heterocycles. The molecule has 0 aliphatic rings. The zero-order chi connectivity index (χ0) is 13.5. The van der Waals surface area contributed by atoms with Gasteiger partial charge in [0.1, 0.15) is 9.54 Å². The first-order valence-electron chi connectivity index (χ1n) is 5.38. The maximum atomic E-state index is 11.7. The smallest absolute Gasteiger partial charge is 0.303 e. The first kappa shape index (κ1) is 15.0. The lowest BCUT2D eigenvalue weighted by Gasteiger charge is -2.02. The minimum Gasteiger partial charge on any atom is -0.495 e. The molecule has 7 heteroatoms. The molecule has 1 aromatic heterocycles. The molecule has 0 saturated carbocycles. The molecular weight excluding hydrogens is 322 g/mol. The van der Waals surface area contributed by atoms with Gasteiger partial charge in [0.15, 0.2) is 0 Å². The lowest BCUT2D eigenvalue weighted by molar-refractivity contribution is -0.137. The first-order valence-corrected chi connectivity index (χ1v) is 6.99. The van der Waals surface area contributed by atoms with E-state index in [1.54, 1.807) is 13.2 Å². The highest BCUT2D eigenvalue weighted by molar-refractivity contribution is 9.11. The van der Waals surface area contributed by atoms with Crippen LogP contribution in [-0.2, 0) is 4.79 Å². The second kappa shape index (κ2) is 7.38. The van der Waals surface area contributed by atoms with Gasteiger partial charge in [-0.15, -0.1) is 11.3 Å². The number of ether oxygens (including phenoxy) is 1. The van der Waals surface area contributed by atoms with Crippen molar-refractivity contribution in [1.29, 1.82) is 0 Å². The van der Waals surface area contributed by atoms with Crippen LogP contribution in [-0.4, -0.2) is 30.6 Å². The third-order valence-electron chi connectivity index (χ3n) is 2.20. The van der Waals surface area contributed by atoms with Crippen LogP contribution in [0.15, 0.2) is 9.85 Å². The Hall–Kier alpha value is -1.08. The highest BCUT2D eigenvalue weighted by atomic mass is 79.9. The molecule has 0 bridgehead atoms. The van der Waals surface area contributed by atoms with Crippen LogP contribution in [0, 0.1) is 0 Å². The number of carboxylic acids is 1. The quantitative estimate of drug-likeness (QED) is 0.750. The van der Waals surface area contributed by atoms with Crippen LogP contribution in [0.2, 0.25) is 0 Å². The number of amides is 1. The van der Waals surface area contributed by atoms with Gasteiger partial charge in [-0.05, 0) is 28.8 Å². The Bertz CT molecular complexity index is 433. The molecule has 0 unspecified atom stereocenters. The summed E-state index contributed by atoms with van der Waals surface area (Å²) in [6, 6.07) is 1.67. The van der Waals surface area contributed by atoms with Gasteiger partial charge in [-0.1, -0.05) is 0 Å². The molecule has 0 atom stereocenters. The van der Waals surface area contributed by atoms with Gasteiger partial charge < -0.3 is 15.2 Å². The summed E-state index contributed by atoms with van der Waals surface area (Å²) in [5.74, 6) is -0.344.